The number of aliphatic hydroxyl groups is 1. The molecule has 2 rings (SSSR count). The van der Waals surface area contributed by atoms with Crippen molar-refractivity contribution >= 4 is 0 Å². The molecular formula is C14H28N2O. The maximum atomic E-state index is 8.93. The summed E-state index contributed by atoms with van der Waals surface area (Å²) in [6.45, 7) is 3.81. The predicted octanol–water partition coefficient (Wildman–Crippen LogP) is 1.76. The summed E-state index contributed by atoms with van der Waals surface area (Å²) in [6, 6.07) is 1.65. The van der Waals surface area contributed by atoms with Gasteiger partial charge in [-0.3, -0.25) is 0 Å². The number of nitrogens with zero attached hydrogens (tertiary/aromatic N) is 1. The molecule has 0 aliphatic heterocycles. The van der Waals surface area contributed by atoms with Gasteiger partial charge in [0.15, 0.2) is 0 Å². The molecule has 2 N–H and O–H groups in total. The zero-order chi connectivity index (χ0) is 11.9. The SMILES string of the molecule is OCCCN(CCCNC1CCC1)C1CCC1. The van der Waals surface area contributed by atoms with Crippen molar-refractivity contribution in [3.05, 3.63) is 0 Å². The molecule has 3 heteroatoms. The molecule has 100 valence electrons. The van der Waals surface area contributed by atoms with Gasteiger partial charge in [0.25, 0.3) is 0 Å². The van der Waals surface area contributed by atoms with E-state index in [9.17, 15) is 0 Å². The highest BCUT2D eigenvalue weighted by Crippen LogP contribution is 2.25. The average Bonchev–Trinajstić information content (AvgIpc) is 2.19. The first-order valence-corrected chi connectivity index (χ1v) is 7.48. The summed E-state index contributed by atoms with van der Waals surface area (Å²) in [6.07, 6.45) is 10.5. The summed E-state index contributed by atoms with van der Waals surface area (Å²) >= 11 is 0. The molecule has 0 bridgehead atoms. The van der Waals surface area contributed by atoms with Crippen LogP contribution in [-0.4, -0.2) is 48.3 Å². The number of hydrogen-bond donors (Lipinski definition) is 2. The summed E-state index contributed by atoms with van der Waals surface area (Å²) in [5, 5.41) is 12.6. The maximum absolute atomic E-state index is 8.93. The first-order valence-electron chi connectivity index (χ1n) is 7.48. The predicted molar refractivity (Wildman–Crippen MR) is 71.2 cm³/mol. The Balaban J connectivity index is 1.55. The van der Waals surface area contributed by atoms with Crippen molar-refractivity contribution in [2.75, 3.05) is 26.2 Å². The maximum Gasteiger partial charge on any atom is 0.0443 e. The lowest BCUT2D eigenvalue weighted by atomic mass is 9.91. The Morgan fingerprint density at radius 1 is 1.00 bits per heavy atom. The lowest BCUT2D eigenvalue weighted by Crippen LogP contribution is -2.43. The fourth-order valence-electron chi connectivity index (χ4n) is 2.70. The highest BCUT2D eigenvalue weighted by molar-refractivity contribution is 4.81. The van der Waals surface area contributed by atoms with Gasteiger partial charge in [0.1, 0.15) is 0 Å². The minimum absolute atomic E-state index is 0.337. The third-order valence-corrected chi connectivity index (χ3v) is 4.35. The first kappa shape index (κ1) is 13.3. The molecule has 0 radical (unpaired) electrons. The monoisotopic (exact) mass is 240 g/mol. The second-order valence-corrected chi connectivity index (χ2v) is 5.63. The topological polar surface area (TPSA) is 35.5 Å². The van der Waals surface area contributed by atoms with Gasteiger partial charge in [-0.2, -0.15) is 0 Å². The zero-order valence-corrected chi connectivity index (χ0v) is 11.0. The summed E-state index contributed by atoms with van der Waals surface area (Å²) in [5.74, 6) is 0. The first-order chi connectivity index (χ1) is 8.40. The molecule has 0 spiro atoms. The quantitative estimate of drug-likeness (QED) is 0.603. The molecule has 0 unspecified atom stereocenters. The summed E-state index contributed by atoms with van der Waals surface area (Å²) in [4.78, 5) is 2.60. The van der Waals surface area contributed by atoms with Gasteiger partial charge >= 0.3 is 0 Å². The molecule has 2 aliphatic rings. The van der Waals surface area contributed by atoms with Gasteiger partial charge in [0, 0.05) is 25.2 Å². The normalized spacial score (nSPS) is 21.5. The van der Waals surface area contributed by atoms with Crippen LogP contribution in [0.5, 0.6) is 0 Å². The average molecular weight is 240 g/mol. The number of rotatable bonds is 9. The number of nitrogens with one attached hydrogen (secondary N) is 1. The molecule has 2 fully saturated rings. The highest BCUT2D eigenvalue weighted by atomic mass is 16.3. The van der Waals surface area contributed by atoms with E-state index in [0.717, 1.165) is 25.0 Å². The minimum Gasteiger partial charge on any atom is -0.396 e. The standard InChI is InChI=1S/C14H28N2O/c17-12-4-11-16(14-7-2-8-14)10-3-9-15-13-5-1-6-13/h13-15,17H,1-12H2. The van der Waals surface area contributed by atoms with E-state index < -0.39 is 0 Å². The Labute approximate surface area is 106 Å². The van der Waals surface area contributed by atoms with Crippen LogP contribution in [0.3, 0.4) is 0 Å². The van der Waals surface area contributed by atoms with E-state index in [-0.39, 0.29) is 0 Å². The molecule has 0 atom stereocenters. The van der Waals surface area contributed by atoms with Crippen LogP contribution in [-0.2, 0) is 0 Å². The molecule has 0 aromatic heterocycles. The molecule has 0 aromatic rings. The molecule has 0 aromatic carbocycles. The van der Waals surface area contributed by atoms with Crippen LogP contribution in [0.15, 0.2) is 0 Å². The van der Waals surface area contributed by atoms with Crippen molar-refractivity contribution in [1.29, 1.82) is 0 Å². The second-order valence-electron chi connectivity index (χ2n) is 5.63. The van der Waals surface area contributed by atoms with E-state index in [1.807, 2.05) is 0 Å². The Bertz CT molecular complexity index is 202. The van der Waals surface area contributed by atoms with E-state index in [1.54, 1.807) is 0 Å². The Morgan fingerprint density at radius 2 is 1.71 bits per heavy atom. The molecule has 3 nitrogen and oxygen atoms in total. The van der Waals surface area contributed by atoms with Crippen LogP contribution < -0.4 is 5.32 Å². The third kappa shape index (κ3) is 4.23. The summed E-state index contributed by atoms with van der Waals surface area (Å²) in [5.41, 5.74) is 0. The van der Waals surface area contributed by atoms with Crippen LogP contribution in [0.25, 0.3) is 0 Å². The van der Waals surface area contributed by atoms with Gasteiger partial charge < -0.3 is 15.3 Å². The van der Waals surface area contributed by atoms with Gasteiger partial charge in [-0.25, -0.2) is 0 Å². The Kier molecular flexibility index (Phi) is 5.75. The van der Waals surface area contributed by atoms with E-state index in [2.05, 4.69) is 10.2 Å². The van der Waals surface area contributed by atoms with Crippen LogP contribution in [0.1, 0.15) is 51.4 Å². The zero-order valence-electron chi connectivity index (χ0n) is 11.0. The van der Waals surface area contributed by atoms with Crippen LogP contribution in [0.2, 0.25) is 0 Å². The molecule has 17 heavy (non-hydrogen) atoms. The lowest BCUT2D eigenvalue weighted by molar-refractivity contribution is 0.114. The van der Waals surface area contributed by atoms with E-state index >= 15 is 0 Å². The van der Waals surface area contributed by atoms with E-state index in [1.165, 1.54) is 58.0 Å². The van der Waals surface area contributed by atoms with E-state index in [4.69, 9.17) is 5.11 Å². The summed E-state index contributed by atoms with van der Waals surface area (Å²) < 4.78 is 0. The lowest BCUT2D eigenvalue weighted by Gasteiger charge is -2.38. The number of hydrogen-bond acceptors (Lipinski definition) is 3. The van der Waals surface area contributed by atoms with E-state index in [0.29, 0.717) is 6.61 Å². The molecular weight excluding hydrogens is 212 g/mol. The summed E-state index contributed by atoms with van der Waals surface area (Å²) in [7, 11) is 0. The minimum atomic E-state index is 0.337. The Hall–Kier alpha value is -0.120. The molecule has 0 amide bonds. The van der Waals surface area contributed by atoms with Gasteiger partial charge in [-0.1, -0.05) is 12.8 Å². The van der Waals surface area contributed by atoms with Gasteiger partial charge in [-0.05, 0) is 51.6 Å². The van der Waals surface area contributed by atoms with Crippen molar-refractivity contribution < 1.29 is 5.11 Å². The van der Waals surface area contributed by atoms with Gasteiger partial charge in [0.2, 0.25) is 0 Å². The largest absolute Gasteiger partial charge is 0.396 e. The van der Waals surface area contributed by atoms with Gasteiger partial charge in [-0.15, -0.1) is 0 Å². The molecule has 0 saturated heterocycles. The Morgan fingerprint density at radius 3 is 2.24 bits per heavy atom. The van der Waals surface area contributed by atoms with Crippen LogP contribution in [0, 0.1) is 0 Å². The fourth-order valence-corrected chi connectivity index (χ4v) is 2.70. The van der Waals surface area contributed by atoms with Crippen LogP contribution in [0.4, 0.5) is 0 Å². The smallest absolute Gasteiger partial charge is 0.0443 e. The van der Waals surface area contributed by atoms with Crippen molar-refractivity contribution in [3.8, 4) is 0 Å². The molecule has 0 heterocycles. The van der Waals surface area contributed by atoms with Gasteiger partial charge in [0.05, 0.1) is 0 Å². The number of aliphatic hydroxyl groups excluding tert-OH is 1. The third-order valence-electron chi connectivity index (χ3n) is 4.35. The van der Waals surface area contributed by atoms with Crippen molar-refractivity contribution in [3.63, 3.8) is 0 Å². The van der Waals surface area contributed by atoms with Crippen LogP contribution >= 0.6 is 0 Å². The van der Waals surface area contributed by atoms with Crippen molar-refractivity contribution in [2.24, 2.45) is 0 Å². The van der Waals surface area contributed by atoms with Crippen molar-refractivity contribution in [1.82, 2.24) is 10.2 Å². The fraction of sp³-hybridized carbons (Fsp3) is 1.00. The highest BCUT2D eigenvalue weighted by Gasteiger charge is 2.24. The molecule has 2 aliphatic carbocycles. The molecule has 2 saturated carbocycles. The van der Waals surface area contributed by atoms with Crippen molar-refractivity contribution in [2.45, 2.75) is 63.5 Å². The second kappa shape index (κ2) is 7.34.